The fourth-order valence-corrected chi connectivity index (χ4v) is 1.45. The number of carboxylic acid groups (broad SMARTS) is 1. The van der Waals surface area contributed by atoms with Gasteiger partial charge in [-0.3, -0.25) is 0 Å². The molecular weight excluding hydrogens is 180 g/mol. The molecule has 6 heteroatoms. The van der Waals surface area contributed by atoms with Crippen LogP contribution in [0.4, 0.5) is 0 Å². The van der Waals surface area contributed by atoms with Crippen molar-refractivity contribution < 1.29 is 30.3 Å². The third-order valence-corrected chi connectivity index (χ3v) is 2.28. The molecule has 3 unspecified atom stereocenters. The largest absolute Gasteiger partial charge is 0.479 e. The first-order valence-corrected chi connectivity index (χ1v) is 3.87. The molecule has 0 amide bonds. The van der Waals surface area contributed by atoms with Crippen LogP contribution >= 0.6 is 0 Å². The predicted molar refractivity (Wildman–Crippen MR) is 39.8 cm³/mol. The lowest BCUT2D eigenvalue weighted by atomic mass is 9.80. The van der Waals surface area contributed by atoms with E-state index in [4.69, 9.17) is 20.4 Å². The lowest BCUT2D eigenvalue weighted by molar-refractivity contribution is -0.187. The maximum atomic E-state index is 10.5. The quantitative estimate of drug-likeness (QED) is 0.318. The summed E-state index contributed by atoms with van der Waals surface area (Å²) in [6.07, 6.45) is -5.16. The van der Waals surface area contributed by atoms with Gasteiger partial charge < -0.3 is 25.5 Å². The van der Waals surface area contributed by atoms with E-state index < -0.39 is 42.7 Å². The van der Waals surface area contributed by atoms with E-state index in [0.717, 1.165) is 0 Å². The van der Waals surface area contributed by atoms with E-state index in [2.05, 4.69) is 0 Å². The summed E-state index contributed by atoms with van der Waals surface area (Å²) in [5.74, 6) is -1.50. The van der Waals surface area contributed by atoms with E-state index in [9.17, 15) is 9.90 Å². The Balaban J connectivity index is 2.79. The summed E-state index contributed by atoms with van der Waals surface area (Å²) in [5.41, 5.74) is -2.14. The SMILES string of the molecule is O=C(O)C1(O)CC(O)C(O)[C@H](O)C1. The number of aliphatic hydroxyl groups is 4. The van der Waals surface area contributed by atoms with E-state index in [-0.39, 0.29) is 0 Å². The first kappa shape index (κ1) is 10.4. The van der Waals surface area contributed by atoms with Crippen LogP contribution in [0.1, 0.15) is 12.8 Å². The molecule has 6 nitrogen and oxygen atoms in total. The Hall–Kier alpha value is -0.690. The average molecular weight is 192 g/mol. The molecule has 0 radical (unpaired) electrons. The first-order chi connectivity index (χ1) is 5.87. The standard InChI is InChI=1S/C7H12O6/c8-3-1-7(13,6(11)12)2-4(9)5(3)10/h3-5,8-10,13H,1-2H2,(H,11,12)/t3-,4?,5?,7?/m1/s1. The summed E-state index contributed by atoms with van der Waals surface area (Å²) in [7, 11) is 0. The monoisotopic (exact) mass is 192 g/mol. The van der Waals surface area contributed by atoms with Gasteiger partial charge in [0.25, 0.3) is 0 Å². The van der Waals surface area contributed by atoms with Crippen LogP contribution in [-0.2, 0) is 4.79 Å². The van der Waals surface area contributed by atoms with E-state index >= 15 is 0 Å². The molecule has 0 aromatic carbocycles. The van der Waals surface area contributed by atoms with E-state index in [0.29, 0.717) is 0 Å². The number of rotatable bonds is 1. The van der Waals surface area contributed by atoms with Gasteiger partial charge in [-0.1, -0.05) is 0 Å². The Morgan fingerprint density at radius 3 is 1.85 bits per heavy atom. The number of aliphatic carboxylic acids is 1. The van der Waals surface area contributed by atoms with Gasteiger partial charge in [0.05, 0.1) is 12.2 Å². The van der Waals surface area contributed by atoms with Crippen molar-refractivity contribution in [3.05, 3.63) is 0 Å². The maximum absolute atomic E-state index is 10.5. The highest BCUT2D eigenvalue weighted by Gasteiger charge is 2.48. The Morgan fingerprint density at radius 1 is 1.15 bits per heavy atom. The Labute approximate surface area is 74.1 Å². The second kappa shape index (κ2) is 3.22. The molecule has 1 saturated carbocycles. The van der Waals surface area contributed by atoms with Crippen molar-refractivity contribution in [1.82, 2.24) is 0 Å². The second-order valence-electron chi connectivity index (χ2n) is 3.37. The zero-order valence-electron chi connectivity index (χ0n) is 6.79. The van der Waals surface area contributed by atoms with Crippen LogP contribution in [0, 0.1) is 0 Å². The molecule has 0 aromatic heterocycles. The van der Waals surface area contributed by atoms with Gasteiger partial charge in [-0.15, -0.1) is 0 Å². The number of carbonyl (C=O) groups is 1. The fourth-order valence-electron chi connectivity index (χ4n) is 1.45. The molecular formula is C7H12O6. The average Bonchev–Trinajstić information content (AvgIpc) is 2.00. The van der Waals surface area contributed by atoms with Gasteiger partial charge in [0.1, 0.15) is 6.10 Å². The minimum atomic E-state index is -2.14. The summed E-state index contributed by atoms with van der Waals surface area (Å²) in [5, 5.41) is 45.2. The molecule has 13 heavy (non-hydrogen) atoms. The van der Waals surface area contributed by atoms with Gasteiger partial charge in [0.15, 0.2) is 5.60 Å². The fraction of sp³-hybridized carbons (Fsp3) is 0.857. The summed E-state index contributed by atoms with van der Waals surface area (Å²) in [4.78, 5) is 10.5. The van der Waals surface area contributed by atoms with Crippen molar-refractivity contribution in [2.75, 3.05) is 0 Å². The molecule has 5 N–H and O–H groups in total. The zero-order chi connectivity index (χ0) is 10.2. The van der Waals surface area contributed by atoms with Gasteiger partial charge in [-0.25, -0.2) is 4.79 Å². The molecule has 0 saturated heterocycles. The van der Waals surface area contributed by atoms with Gasteiger partial charge in [0, 0.05) is 12.8 Å². The van der Waals surface area contributed by atoms with Gasteiger partial charge in [0.2, 0.25) is 0 Å². The third kappa shape index (κ3) is 1.80. The number of hydrogen-bond donors (Lipinski definition) is 5. The summed E-state index contributed by atoms with van der Waals surface area (Å²) >= 11 is 0. The Kier molecular flexibility index (Phi) is 2.58. The molecule has 0 aliphatic heterocycles. The molecule has 1 rings (SSSR count). The highest BCUT2D eigenvalue weighted by Crippen LogP contribution is 2.29. The van der Waals surface area contributed by atoms with Crippen LogP contribution in [0.5, 0.6) is 0 Å². The van der Waals surface area contributed by atoms with E-state index in [1.807, 2.05) is 0 Å². The zero-order valence-corrected chi connectivity index (χ0v) is 6.79. The Morgan fingerprint density at radius 2 is 1.54 bits per heavy atom. The number of aliphatic hydroxyl groups excluding tert-OH is 3. The summed E-state index contributed by atoms with van der Waals surface area (Å²) < 4.78 is 0. The summed E-state index contributed by atoms with van der Waals surface area (Å²) in [6, 6.07) is 0. The van der Waals surface area contributed by atoms with Crippen molar-refractivity contribution in [3.8, 4) is 0 Å². The smallest absolute Gasteiger partial charge is 0.335 e. The Bertz CT molecular complexity index is 203. The number of carboxylic acids is 1. The molecule has 76 valence electrons. The molecule has 0 bridgehead atoms. The van der Waals surface area contributed by atoms with E-state index in [1.54, 1.807) is 0 Å². The lowest BCUT2D eigenvalue weighted by Gasteiger charge is -2.37. The van der Waals surface area contributed by atoms with Gasteiger partial charge >= 0.3 is 5.97 Å². The molecule has 1 aliphatic carbocycles. The third-order valence-electron chi connectivity index (χ3n) is 2.28. The van der Waals surface area contributed by atoms with Crippen molar-refractivity contribution in [1.29, 1.82) is 0 Å². The normalized spacial score (nSPS) is 46.0. The van der Waals surface area contributed by atoms with Gasteiger partial charge in [-0.2, -0.15) is 0 Å². The second-order valence-corrected chi connectivity index (χ2v) is 3.37. The van der Waals surface area contributed by atoms with Crippen molar-refractivity contribution in [3.63, 3.8) is 0 Å². The van der Waals surface area contributed by atoms with Crippen LogP contribution in [0.2, 0.25) is 0 Å². The van der Waals surface area contributed by atoms with Crippen molar-refractivity contribution >= 4 is 5.97 Å². The lowest BCUT2D eigenvalue weighted by Crippen LogP contribution is -2.56. The van der Waals surface area contributed by atoms with Crippen LogP contribution in [0.15, 0.2) is 0 Å². The van der Waals surface area contributed by atoms with Crippen LogP contribution in [-0.4, -0.2) is 55.4 Å². The van der Waals surface area contributed by atoms with E-state index in [1.165, 1.54) is 0 Å². The minimum Gasteiger partial charge on any atom is -0.479 e. The molecule has 4 atom stereocenters. The highest BCUT2D eigenvalue weighted by atomic mass is 16.4. The van der Waals surface area contributed by atoms with Crippen LogP contribution in [0.25, 0.3) is 0 Å². The first-order valence-electron chi connectivity index (χ1n) is 3.87. The molecule has 0 spiro atoms. The molecule has 1 fully saturated rings. The maximum Gasteiger partial charge on any atom is 0.335 e. The number of hydrogen-bond acceptors (Lipinski definition) is 5. The van der Waals surface area contributed by atoms with Crippen molar-refractivity contribution in [2.45, 2.75) is 36.8 Å². The minimum absolute atomic E-state index is 0.472. The topological polar surface area (TPSA) is 118 Å². The predicted octanol–water partition coefficient (Wildman–Crippen LogP) is -2.32. The molecule has 0 aromatic rings. The highest BCUT2D eigenvalue weighted by molar-refractivity contribution is 5.77. The van der Waals surface area contributed by atoms with Crippen molar-refractivity contribution in [2.24, 2.45) is 0 Å². The summed E-state index contributed by atoms with van der Waals surface area (Å²) in [6.45, 7) is 0. The molecule has 0 heterocycles. The molecule has 1 aliphatic rings. The van der Waals surface area contributed by atoms with Gasteiger partial charge in [-0.05, 0) is 0 Å². The van der Waals surface area contributed by atoms with Crippen LogP contribution < -0.4 is 0 Å². The van der Waals surface area contributed by atoms with Crippen LogP contribution in [0.3, 0.4) is 0 Å².